The zero-order chi connectivity index (χ0) is 24.3. The number of carboxylic acid groups (broad SMARTS) is 1. The van der Waals surface area contributed by atoms with E-state index in [1.165, 1.54) is 12.5 Å². The average molecular weight is 489 g/mol. The molecule has 0 aliphatic carbocycles. The van der Waals surface area contributed by atoms with Gasteiger partial charge in [-0.3, -0.25) is 14.4 Å². The van der Waals surface area contributed by atoms with Crippen molar-refractivity contribution in [3.63, 3.8) is 0 Å². The summed E-state index contributed by atoms with van der Waals surface area (Å²) in [7, 11) is 0. The first-order valence-corrected chi connectivity index (χ1v) is 12.1. The number of carbonyl (C=O) groups is 4. The quantitative estimate of drug-likeness (QED) is 0.166. The van der Waals surface area contributed by atoms with E-state index in [1.807, 2.05) is 6.26 Å². The normalized spacial score (nSPS) is 14.8. The maximum absolute atomic E-state index is 12.8. The number of H-pyrrole nitrogens is 1. The van der Waals surface area contributed by atoms with Crippen LogP contribution in [-0.4, -0.2) is 80.7 Å². The molecule has 13 heteroatoms. The minimum Gasteiger partial charge on any atom is -0.480 e. The van der Waals surface area contributed by atoms with E-state index in [-0.39, 0.29) is 18.1 Å². The number of hydrogen-bond donors (Lipinski definition) is 7. The van der Waals surface area contributed by atoms with Gasteiger partial charge >= 0.3 is 5.97 Å². The molecule has 0 aromatic carbocycles. The summed E-state index contributed by atoms with van der Waals surface area (Å²) in [6.45, 7) is 3.32. The lowest BCUT2D eigenvalue weighted by molar-refractivity contribution is -0.143. The largest absolute Gasteiger partial charge is 0.480 e. The predicted molar refractivity (Wildman–Crippen MR) is 125 cm³/mol. The lowest BCUT2D eigenvalue weighted by Gasteiger charge is -2.25. The van der Waals surface area contributed by atoms with E-state index >= 15 is 0 Å². The molecule has 4 unspecified atom stereocenters. The van der Waals surface area contributed by atoms with Gasteiger partial charge in [-0.1, -0.05) is 13.8 Å². The summed E-state index contributed by atoms with van der Waals surface area (Å²) < 4.78 is 0. The monoisotopic (exact) mass is 488 g/mol. The first-order chi connectivity index (χ1) is 15.1. The summed E-state index contributed by atoms with van der Waals surface area (Å²) in [6.07, 6.45) is 5.31. The van der Waals surface area contributed by atoms with Gasteiger partial charge in [0.1, 0.15) is 18.1 Å². The molecule has 1 heterocycles. The average Bonchev–Trinajstić information content (AvgIpc) is 3.25. The van der Waals surface area contributed by atoms with Crippen molar-refractivity contribution in [3.05, 3.63) is 18.2 Å². The van der Waals surface area contributed by atoms with Crippen LogP contribution in [0.4, 0.5) is 0 Å². The van der Waals surface area contributed by atoms with Crippen LogP contribution in [0.2, 0.25) is 0 Å². The number of hydrogen-bond acceptors (Lipinski definition) is 8. The number of nitrogens with zero attached hydrogens (tertiary/aromatic N) is 1. The SMILES string of the molecule is CSCCC(N)C(=O)NC(CS)C(=O)NC(Cc1cnc[nH]1)C(=O)NC(C(=O)O)C(C)C. The molecule has 7 N–H and O–H groups in total. The van der Waals surface area contributed by atoms with Gasteiger partial charge in [0, 0.05) is 24.1 Å². The first-order valence-electron chi connectivity index (χ1n) is 10.1. The van der Waals surface area contributed by atoms with Crippen molar-refractivity contribution in [3.8, 4) is 0 Å². The molecule has 4 atom stereocenters. The Morgan fingerprint density at radius 3 is 2.28 bits per heavy atom. The molecule has 0 aliphatic rings. The molecule has 180 valence electrons. The number of thiol groups is 1. The Morgan fingerprint density at radius 2 is 1.78 bits per heavy atom. The number of aromatic nitrogens is 2. The molecular formula is C19H32N6O5S2. The van der Waals surface area contributed by atoms with Crippen LogP contribution in [0.5, 0.6) is 0 Å². The van der Waals surface area contributed by atoms with Gasteiger partial charge in [-0.15, -0.1) is 0 Å². The van der Waals surface area contributed by atoms with Gasteiger partial charge in [-0.2, -0.15) is 24.4 Å². The van der Waals surface area contributed by atoms with Crippen molar-refractivity contribution in [2.75, 3.05) is 17.8 Å². The third-order valence-corrected chi connectivity index (χ3v) is 5.64. The lowest BCUT2D eigenvalue weighted by Crippen LogP contribution is -2.58. The minimum atomic E-state index is -1.18. The second-order valence-electron chi connectivity index (χ2n) is 7.54. The molecule has 0 saturated heterocycles. The number of nitrogens with one attached hydrogen (secondary N) is 4. The summed E-state index contributed by atoms with van der Waals surface area (Å²) in [6, 6.07) is -4.03. The van der Waals surface area contributed by atoms with Gasteiger partial charge < -0.3 is 31.8 Å². The molecule has 0 saturated carbocycles. The van der Waals surface area contributed by atoms with E-state index in [4.69, 9.17) is 5.73 Å². The Kier molecular flexibility index (Phi) is 12.2. The number of carbonyl (C=O) groups excluding carboxylic acids is 3. The van der Waals surface area contributed by atoms with Gasteiger partial charge in [0.25, 0.3) is 0 Å². The second kappa shape index (κ2) is 14.0. The molecule has 0 aliphatic heterocycles. The highest BCUT2D eigenvalue weighted by Gasteiger charge is 2.31. The highest BCUT2D eigenvalue weighted by atomic mass is 32.2. The van der Waals surface area contributed by atoms with Crippen LogP contribution in [0.15, 0.2) is 12.5 Å². The van der Waals surface area contributed by atoms with Gasteiger partial charge in [-0.05, 0) is 24.3 Å². The van der Waals surface area contributed by atoms with Crippen LogP contribution < -0.4 is 21.7 Å². The van der Waals surface area contributed by atoms with E-state index in [2.05, 4.69) is 38.5 Å². The Labute approximate surface area is 196 Å². The summed E-state index contributed by atoms with van der Waals surface area (Å²) in [5.74, 6) is -2.68. The Hall–Kier alpha value is -2.25. The Morgan fingerprint density at radius 1 is 1.16 bits per heavy atom. The van der Waals surface area contributed by atoms with Gasteiger partial charge in [0.15, 0.2) is 0 Å². The number of aliphatic carboxylic acids is 1. The van der Waals surface area contributed by atoms with Gasteiger partial charge in [0.05, 0.1) is 12.4 Å². The summed E-state index contributed by atoms with van der Waals surface area (Å²) in [4.78, 5) is 56.1. The number of rotatable bonds is 14. The number of nitrogens with two attached hydrogens (primary N) is 1. The van der Waals surface area contributed by atoms with Crippen LogP contribution in [0, 0.1) is 5.92 Å². The summed E-state index contributed by atoms with van der Waals surface area (Å²) in [5, 5.41) is 16.9. The maximum Gasteiger partial charge on any atom is 0.326 e. The molecule has 1 rings (SSSR count). The predicted octanol–water partition coefficient (Wildman–Crippen LogP) is -0.843. The van der Waals surface area contributed by atoms with Crippen LogP contribution in [0.1, 0.15) is 26.0 Å². The second-order valence-corrected chi connectivity index (χ2v) is 8.89. The molecule has 11 nitrogen and oxygen atoms in total. The minimum absolute atomic E-state index is 0.0189. The number of thioether (sulfide) groups is 1. The third kappa shape index (κ3) is 9.09. The Bertz CT molecular complexity index is 761. The van der Waals surface area contributed by atoms with Crippen molar-refractivity contribution in [2.45, 2.75) is 50.9 Å². The first kappa shape index (κ1) is 27.8. The summed E-state index contributed by atoms with van der Waals surface area (Å²) >= 11 is 5.68. The molecule has 0 bridgehead atoms. The maximum atomic E-state index is 12.8. The van der Waals surface area contributed by atoms with Crippen molar-refractivity contribution in [1.29, 1.82) is 0 Å². The van der Waals surface area contributed by atoms with Gasteiger partial charge in [-0.25, -0.2) is 9.78 Å². The zero-order valence-electron chi connectivity index (χ0n) is 18.3. The zero-order valence-corrected chi connectivity index (χ0v) is 20.0. The van der Waals surface area contributed by atoms with E-state index < -0.39 is 47.9 Å². The third-order valence-electron chi connectivity index (χ3n) is 4.63. The number of carboxylic acids is 1. The molecule has 0 radical (unpaired) electrons. The van der Waals surface area contributed by atoms with Gasteiger partial charge in [0.2, 0.25) is 17.7 Å². The van der Waals surface area contributed by atoms with E-state index in [1.54, 1.807) is 25.6 Å². The molecule has 0 spiro atoms. The molecule has 3 amide bonds. The molecule has 1 aromatic heterocycles. The van der Waals surface area contributed by atoms with E-state index in [0.29, 0.717) is 17.9 Å². The number of aromatic amines is 1. The van der Waals surface area contributed by atoms with Crippen molar-refractivity contribution in [2.24, 2.45) is 11.7 Å². The molecule has 32 heavy (non-hydrogen) atoms. The highest BCUT2D eigenvalue weighted by Crippen LogP contribution is 2.06. The standard InChI is InChI=1S/C19H32N6O5S2/c1-10(2)15(19(29)30)25-17(27)13(6-11-7-21-9-22-11)23-18(28)14(8-31)24-16(26)12(20)4-5-32-3/h7,9-10,12-15,31H,4-6,8,20H2,1-3H3,(H,21,22)(H,23,28)(H,24,26)(H,25,27)(H,29,30). The van der Waals surface area contributed by atoms with E-state index in [9.17, 15) is 24.3 Å². The fourth-order valence-corrected chi connectivity index (χ4v) is 3.46. The van der Waals surface area contributed by atoms with Crippen LogP contribution in [0.25, 0.3) is 0 Å². The smallest absolute Gasteiger partial charge is 0.326 e. The molecule has 1 aromatic rings. The van der Waals surface area contributed by atoms with Crippen molar-refractivity contribution in [1.82, 2.24) is 25.9 Å². The van der Waals surface area contributed by atoms with Crippen LogP contribution >= 0.6 is 24.4 Å². The van der Waals surface area contributed by atoms with Crippen molar-refractivity contribution < 1.29 is 24.3 Å². The van der Waals surface area contributed by atoms with E-state index in [0.717, 1.165) is 0 Å². The topological polar surface area (TPSA) is 179 Å². The molecular weight excluding hydrogens is 456 g/mol. The number of imidazole rings is 1. The lowest BCUT2D eigenvalue weighted by atomic mass is 10.0. The fourth-order valence-electron chi connectivity index (χ4n) is 2.71. The molecule has 0 fully saturated rings. The Balaban J connectivity index is 2.92. The van der Waals surface area contributed by atoms with Crippen LogP contribution in [-0.2, 0) is 25.6 Å². The highest BCUT2D eigenvalue weighted by molar-refractivity contribution is 7.98. The van der Waals surface area contributed by atoms with Crippen molar-refractivity contribution >= 4 is 48.1 Å². The summed E-state index contributed by atoms with van der Waals surface area (Å²) in [5.41, 5.74) is 6.41. The number of amides is 3. The fraction of sp³-hybridized carbons (Fsp3) is 0.632. The van der Waals surface area contributed by atoms with Crippen LogP contribution in [0.3, 0.4) is 0 Å².